The normalized spacial score (nSPS) is 11.7. The largest absolute Gasteiger partial charge is 0.351 e. The number of nitrogens with zero attached hydrogens (tertiary/aromatic N) is 4. The van der Waals surface area contributed by atoms with Crippen LogP contribution in [0.4, 0.5) is 5.82 Å². The zero-order valence-corrected chi connectivity index (χ0v) is 11.5. The molecule has 0 aliphatic rings. The molecule has 2 rings (SSSR count). The number of hydrogen-bond acceptors (Lipinski definition) is 4. The standard InChI is InChI=1S/C14H13ClN4/c1-10(11-4-3-5-12(15)8-11)19(2)14-13(9-16)17-6-7-18-14/h3-8,10H,1-2H3. The van der Waals surface area contributed by atoms with Crippen molar-refractivity contribution < 1.29 is 0 Å². The predicted octanol–water partition coefficient (Wildman–Crippen LogP) is 3.20. The van der Waals surface area contributed by atoms with Crippen LogP contribution in [-0.4, -0.2) is 17.0 Å². The zero-order valence-electron chi connectivity index (χ0n) is 10.7. The Labute approximate surface area is 117 Å². The second kappa shape index (κ2) is 5.68. The summed E-state index contributed by atoms with van der Waals surface area (Å²) < 4.78 is 0. The number of hydrogen-bond donors (Lipinski definition) is 0. The van der Waals surface area contributed by atoms with E-state index in [9.17, 15) is 0 Å². The van der Waals surface area contributed by atoms with Gasteiger partial charge in [0, 0.05) is 24.5 Å². The fourth-order valence-electron chi connectivity index (χ4n) is 1.84. The molecule has 19 heavy (non-hydrogen) atoms. The third kappa shape index (κ3) is 2.83. The van der Waals surface area contributed by atoms with Crippen molar-refractivity contribution in [2.75, 3.05) is 11.9 Å². The topological polar surface area (TPSA) is 52.8 Å². The molecule has 0 aliphatic heterocycles. The third-order valence-electron chi connectivity index (χ3n) is 3.03. The molecule has 1 heterocycles. The Balaban J connectivity index is 2.34. The fourth-order valence-corrected chi connectivity index (χ4v) is 2.04. The first-order valence-electron chi connectivity index (χ1n) is 5.83. The molecule has 0 fully saturated rings. The van der Waals surface area contributed by atoms with Crippen LogP contribution < -0.4 is 4.90 Å². The summed E-state index contributed by atoms with van der Waals surface area (Å²) in [4.78, 5) is 10.2. The molecule has 1 aromatic heterocycles. The Kier molecular flexibility index (Phi) is 3.98. The van der Waals surface area contributed by atoms with Crippen LogP contribution in [0.1, 0.15) is 24.2 Å². The molecule has 0 radical (unpaired) electrons. The minimum Gasteiger partial charge on any atom is -0.351 e. The van der Waals surface area contributed by atoms with Crippen LogP contribution in [0.2, 0.25) is 5.02 Å². The number of benzene rings is 1. The summed E-state index contributed by atoms with van der Waals surface area (Å²) in [6, 6.07) is 9.74. The molecule has 0 aliphatic carbocycles. The Morgan fingerprint density at radius 1 is 1.32 bits per heavy atom. The molecule has 0 bridgehead atoms. The lowest BCUT2D eigenvalue weighted by atomic mass is 10.1. The van der Waals surface area contributed by atoms with Gasteiger partial charge in [0.1, 0.15) is 6.07 Å². The smallest absolute Gasteiger partial charge is 0.183 e. The monoisotopic (exact) mass is 272 g/mol. The quantitative estimate of drug-likeness (QED) is 0.861. The minimum absolute atomic E-state index is 0.0440. The van der Waals surface area contributed by atoms with Gasteiger partial charge in [-0.1, -0.05) is 23.7 Å². The molecular weight excluding hydrogens is 260 g/mol. The van der Waals surface area contributed by atoms with E-state index in [-0.39, 0.29) is 6.04 Å². The summed E-state index contributed by atoms with van der Waals surface area (Å²) in [5.74, 6) is 0.567. The summed E-state index contributed by atoms with van der Waals surface area (Å²) in [6.07, 6.45) is 3.09. The second-order valence-corrected chi connectivity index (χ2v) is 4.62. The van der Waals surface area contributed by atoms with Crippen molar-refractivity contribution >= 4 is 17.4 Å². The molecule has 0 spiro atoms. The second-order valence-electron chi connectivity index (χ2n) is 4.18. The highest BCUT2D eigenvalue weighted by atomic mass is 35.5. The average Bonchev–Trinajstić information content (AvgIpc) is 2.45. The highest BCUT2D eigenvalue weighted by molar-refractivity contribution is 6.30. The molecule has 1 unspecified atom stereocenters. The van der Waals surface area contributed by atoms with Gasteiger partial charge in [0.15, 0.2) is 11.5 Å². The van der Waals surface area contributed by atoms with Gasteiger partial charge < -0.3 is 4.90 Å². The van der Waals surface area contributed by atoms with Gasteiger partial charge in [0.05, 0.1) is 6.04 Å². The molecule has 0 amide bonds. The van der Waals surface area contributed by atoms with E-state index in [1.807, 2.05) is 43.1 Å². The number of aromatic nitrogens is 2. The molecule has 4 nitrogen and oxygen atoms in total. The highest BCUT2D eigenvalue weighted by Gasteiger charge is 2.17. The lowest BCUT2D eigenvalue weighted by molar-refractivity contribution is 0.725. The van der Waals surface area contributed by atoms with Crippen LogP contribution in [0, 0.1) is 11.3 Å². The third-order valence-corrected chi connectivity index (χ3v) is 3.27. The first kappa shape index (κ1) is 13.3. The Morgan fingerprint density at radius 2 is 2.05 bits per heavy atom. The highest BCUT2D eigenvalue weighted by Crippen LogP contribution is 2.26. The maximum Gasteiger partial charge on any atom is 0.183 e. The van der Waals surface area contributed by atoms with Gasteiger partial charge in [-0.15, -0.1) is 0 Å². The van der Waals surface area contributed by atoms with Crippen LogP contribution in [0.5, 0.6) is 0 Å². The number of nitriles is 1. The van der Waals surface area contributed by atoms with E-state index < -0.39 is 0 Å². The number of anilines is 1. The Morgan fingerprint density at radius 3 is 2.74 bits per heavy atom. The zero-order chi connectivity index (χ0) is 13.8. The summed E-state index contributed by atoms with van der Waals surface area (Å²) >= 11 is 6.00. The molecular formula is C14H13ClN4. The van der Waals surface area contributed by atoms with Crippen molar-refractivity contribution in [1.82, 2.24) is 9.97 Å². The molecule has 0 saturated carbocycles. The summed E-state index contributed by atoms with van der Waals surface area (Å²) in [5, 5.41) is 9.76. The summed E-state index contributed by atoms with van der Waals surface area (Å²) in [7, 11) is 1.89. The van der Waals surface area contributed by atoms with Crippen molar-refractivity contribution in [3.8, 4) is 6.07 Å². The predicted molar refractivity (Wildman–Crippen MR) is 75.0 cm³/mol. The van der Waals surface area contributed by atoms with Crippen molar-refractivity contribution in [2.45, 2.75) is 13.0 Å². The van der Waals surface area contributed by atoms with E-state index in [4.69, 9.17) is 16.9 Å². The van der Waals surface area contributed by atoms with E-state index in [1.54, 1.807) is 6.20 Å². The minimum atomic E-state index is 0.0440. The molecule has 0 N–H and O–H groups in total. The van der Waals surface area contributed by atoms with E-state index in [0.29, 0.717) is 16.5 Å². The van der Waals surface area contributed by atoms with Crippen LogP contribution in [0.15, 0.2) is 36.7 Å². The van der Waals surface area contributed by atoms with Crippen LogP contribution in [0.25, 0.3) is 0 Å². The molecule has 2 aromatic rings. The molecule has 1 aromatic carbocycles. The van der Waals surface area contributed by atoms with Crippen molar-refractivity contribution in [3.63, 3.8) is 0 Å². The fraction of sp³-hybridized carbons (Fsp3) is 0.214. The van der Waals surface area contributed by atoms with Crippen molar-refractivity contribution in [2.24, 2.45) is 0 Å². The van der Waals surface area contributed by atoms with Crippen LogP contribution in [-0.2, 0) is 0 Å². The Bertz CT molecular complexity index is 621. The van der Waals surface area contributed by atoms with Gasteiger partial charge in [-0.2, -0.15) is 5.26 Å². The van der Waals surface area contributed by atoms with E-state index in [1.165, 1.54) is 6.20 Å². The van der Waals surface area contributed by atoms with Gasteiger partial charge in [-0.3, -0.25) is 0 Å². The molecule has 1 atom stereocenters. The molecule has 96 valence electrons. The van der Waals surface area contributed by atoms with Gasteiger partial charge >= 0.3 is 0 Å². The average molecular weight is 273 g/mol. The van der Waals surface area contributed by atoms with Gasteiger partial charge in [-0.05, 0) is 24.6 Å². The van der Waals surface area contributed by atoms with Crippen molar-refractivity contribution in [3.05, 3.63) is 52.9 Å². The first-order chi connectivity index (χ1) is 9.13. The van der Waals surface area contributed by atoms with E-state index in [2.05, 4.69) is 16.0 Å². The van der Waals surface area contributed by atoms with Crippen molar-refractivity contribution in [1.29, 1.82) is 5.26 Å². The summed E-state index contributed by atoms with van der Waals surface area (Å²) in [5.41, 5.74) is 1.38. The SMILES string of the molecule is CC(c1cccc(Cl)c1)N(C)c1nccnc1C#N. The Hall–Kier alpha value is -2.12. The number of halogens is 1. The lowest BCUT2D eigenvalue weighted by Gasteiger charge is -2.26. The van der Waals surface area contributed by atoms with Gasteiger partial charge in [-0.25, -0.2) is 9.97 Å². The summed E-state index contributed by atoms with van der Waals surface area (Å²) in [6.45, 7) is 2.03. The van der Waals surface area contributed by atoms with Crippen LogP contribution in [0.3, 0.4) is 0 Å². The van der Waals surface area contributed by atoms with Crippen LogP contribution >= 0.6 is 11.6 Å². The van der Waals surface area contributed by atoms with E-state index in [0.717, 1.165) is 5.56 Å². The number of rotatable bonds is 3. The lowest BCUT2D eigenvalue weighted by Crippen LogP contribution is -2.23. The first-order valence-corrected chi connectivity index (χ1v) is 6.20. The van der Waals surface area contributed by atoms with Gasteiger partial charge in [0.25, 0.3) is 0 Å². The maximum atomic E-state index is 9.06. The molecule has 5 heteroatoms. The van der Waals surface area contributed by atoms with E-state index >= 15 is 0 Å². The van der Waals surface area contributed by atoms with Gasteiger partial charge in [0.2, 0.25) is 0 Å². The maximum absolute atomic E-state index is 9.06. The molecule has 0 saturated heterocycles.